The Morgan fingerprint density at radius 2 is 1.67 bits per heavy atom. The average Bonchev–Trinajstić information content (AvgIpc) is 2.47. The number of carbonyl (C=O) groups excluding carboxylic acids is 2. The van der Waals surface area contributed by atoms with Crippen molar-refractivity contribution in [3.63, 3.8) is 0 Å². The van der Waals surface area contributed by atoms with Crippen molar-refractivity contribution in [3.8, 4) is 0 Å². The second kappa shape index (κ2) is 6.70. The Kier molecular flexibility index (Phi) is 4.72. The van der Waals surface area contributed by atoms with Crippen molar-refractivity contribution in [1.29, 1.82) is 0 Å². The van der Waals surface area contributed by atoms with Crippen LogP contribution in [0.3, 0.4) is 0 Å². The van der Waals surface area contributed by atoms with Gasteiger partial charge in [0.15, 0.2) is 0 Å². The quantitative estimate of drug-likeness (QED) is 0.905. The maximum Gasteiger partial charge on any atom is 0.251 e. The van der Waals surface area contributed by atoms with Crippen molar-refractivity contribution < 1.29 is 9.59 Å². The van der Waals surface area contributed by atoms with E-state index in [1.165, 1.54) is 0 Å². The molecule has 0 aliphatic rings. The lowest BCUT2D eigenvalue weighted by Gasteiger charge is -2.07. The summed E-state index contributed by atoms with van der Waals surface area (Å²) in [6.45, 7) is 3.84. The molecule has 0 fully saturated rings. The molecule has 2 rings (SSSR count). The standard InChI is InChI=1S/C17H18N2O2/c1-12-6-8-15(9-7-12)19-16(20)11-18-17(21)14-5-3-4-13(2)10-14/h3-10H,11H2,1-2H3,(H,18,21)(H,19,20). The minimum absolute atomic E-state index is 0.0549. The summed E-state index contributed by atoms with van der Waals surface area (Å²) in [4.78, 5) is 23.7. The summed E-state index contributed by atoms with van der Waals surface area (Å²) in [5.41, 5.74) is 3.40. The first-order chi connectivity index (χ1) is 10.0. The molecule has 2 amide bonds. The number of benzene rings is 2. The summed E-state index contributed by atoms with van der Waals surface area (Å²) in [6.07, 6.45) is 0. The summed E-state index contributed by atoms with van der Waals surface area (Å²) < 4.78 is 0. The van der Waals surface area contributed by atoms with Gasteiger partial charge in [0.25, 0.3) is 5.91 Å². The van der Waals surface area contributed by atoms with E-state index in [4.69, 9.17) is 0 Å². The van der Waals surface area contributed by atoms with E-state index < -0.39 is 0 Å². The Morgan fingerprint density at radius 3 is 2.33 bits per heavy atom. The van der Waals surface area contributed by atoms with Crippen molar-refractivity contribution in [2.45, 2.75) is 13.8 Å². The van der Waals surface area contributed by atoms with E-state index in [0.29, 0.717) is 5.56 Å². The fourth-order valence-electron chi connectivity index (χ4n) is 1.89. The highest BCUT2D eigenvalue weighted by atomic mass is 16.2. The monoisotopic (exact) mass is 282 g/mol. The molecule has 0 aliphatic heterocycles. The smallest absolute Gasteiger partial charge is 0.251 e. The highest BCUT2D eigenvalue weighted by Crippen LogP contribution is 2.08. The molecule has 4 nitrogen and oxygen atoms in total. The Morgan fingerprint density at radius 1 is 0.952 bits per heavy atom. The molecule has 0 spiro atoms. The Balaban J connectivity index is 1.86. The number of hydrogen-bond acceptors (Lipinski definition) is 2. The summed E-state index contributed by atoms with van der Waals surface area (Å²) in [5, 5.41) is 5.34. The normalized spacial score (nSPS) is 10.0. The lowest BCUT2D eigenvalue weighted by Crippen LogP contribution is -2.32. The number of anilines is 1. The van der Waals surface area contributed by atoms with Crippen LogP contribution in [-0.2, 0) is 4.79 Å². The van der Waals surface area contributed by atoms with Crippen molar-refractivity contribution >= 4 is 17.5 Å². The Labute approximate surface area is 124 Å². The highest BCUT2D eigenvalue weighted by Gasteiger charge is 2.08. The molecule has 0 bridgehead atoms. The molecule has 2 aromatic rings. The molecule has 0 radical (unpaired) electrons. The molecule has 0 aliphatic carbocycles. The highest BCUT2D eigenvalue weighted by molar-refractivity contribution is 5.99. The van der Waals surface area contributed by atoms with E-state index in [1.807, 2.05) is 50.2 Å². The first-order valence-electron chi connectivity index (χ1n) is 6.76. The zero-order chi connectivity index (χ0) is 15.2. The molecule has 0 saturated heterocycles. The van der Waals surface area contributed by atoms with Gasteiger partial charge in [-0.25, -0.2) is 0 Å². The molecule has 0 unspecified atom stereocenters. The summed E-state index contributed by atoms with van der Waals surface area (Å²) in [5.74, 6) is -0.502. The van der Waals surface area contributed by atoms with Crippen molar-refractivity contribution in [2.24, 2.45) is 0 Å². The Bertz CT molecular complexity index is 648. The van der Waals surface area contributed by atoms with Gasteiger partial charge in [0.1, 0.15) is 0 Å². The number of carbonyl (C=O) groups is 2. The third-order valence-corrected chi connectivity index (χ3v) is 3.03. The van der Waals surface area contributed by atoms with Gasteiger partial charge >= 0.3 is 0 Å². The third-order valence-electron chi connectivity index (χ3n) is 3.03. The molecule has 2 N–H and O–H groups in total. The summed E-state index contributed by atoms with van der Waals surface area (Å²) in [6, 6.07) is 14.7. The zero-order valence-electron chi connectivity index (χ0n) is 12.1. The largest absolute Gasteiger partial charge is 0.343 e. The van der Waals surface area contributed by atoms with Gasteiger partial charge in [0, 0.05) is 11.3 Å². The second-order valence-corrected chi connectivity index (χ2v) is 4.97. The first kappa shape index (κ1) is 14.8. The van der Waals surface area contributed by atoms with Gasteiger partial charge in [-0.1, -0.05) is 35.4 Å². The molecule has 0 aromatic heterocycles. The second-order valence-electron chi connectivity index (χ2n) is 4.97. The van der Waals surface area contributed by atoms with Gasteiger partial charge in [-0.3, -0.25) is 9.59 Å². The van der Waals surface area contributed by atoms with Gasteiger partial charge in [-0.05, 0) is 38.1 Å². The van der Waals surface area contributed by atoms with Crippen LogP contribution in [0.15, 0.2) is 48.5 Å². The van der Waals surface area contributed by atoms with Crippen LogP contribution in [0.1, 0.15) is 21.5 Å². The fourth-order valence-corrected chi connectivity index (χ4v) is 1.89. The third kappa shape index (κ3) is 4.45. The topological polar surface area (TPSA) is 58.2 Å². The Hall–Kier alpha value is -2.62. The van der Waals surface area contributed by atoms with Crippen LogP contribution in [0.25, 0.3) is 0 Å². The van der Waals surface area contributed by atoms with Crippen LogP contribution >= 0.6 is 0 Å². The predicted octanol–water partition coefficient (Wildman–Crippen LogP) is 2.67. The van der Waals surface area contributed by atoms with E-state index in [0.717, 1.165) is 16.8 Å². The zero-order valence-corrected chi connectivity index (χ0v) is 12.1. The number of amides is 2. The SMILES string of the molecule is Cc1ccc(NC(=O)CNC(=O)c2cccc(C)c2)cc1. The number of rotatable bonds is 4. The van der Waals surface area contributed by atoms with E-state index in [2.05, 4.69) is 10.6 Å². The number of hydrogen-bond donors (Lipinski definition) is 2. The van der Waals surface area contributed by atoms with Gasteiger partial charge in [0.05, 0.1) is 6.54 Å². The van der Waals surface area contributed by atoms with Gasteiger partial charge in [-0.2, -0.15) is 0 Å². The van der Waals surface area contributed by atoms with E-state index >= 15 is 0 Å². The lowest BCUT2D eigenvalue weighted by atomic mass is 10.1. The maximum absolute atomic E-state index is 11.9. The maximum atomic E-state index is 11.9. The predicted molar refractivity (Wildman–Crippen MR) is 83.3 cm³/mol. The molecule has 4 heteroatoms. The van der Waals surface area contributed by atoms with Crippen LogP contribution in [0.4, 0.5) is 5.69 Å². The average molecular weight is 282 g/mol. The molecule has 108 valence electrons. The van der Waals surface area contributed by atoms with Crippen LogP contribution in [-0.4, -0.2) is 18.4 Å². The molecule has 0 heterocycles. The van der Waals surface area contributed by atoms with E-state index in [1.54, 1.807) is 12.1 Å². The van der Waals surface area contributed by atoms with E-state index in [-0.39, 0.29) is 18.4 Å². The van der Waals surface area contributed by atoms with Crippen LogP contribution in [0.5, 0.6) is 0 Å². The molecule has 0 saturated carbocycles. The van der Waals surface area contributed by atoms with Crippen LogP contribution < -0.4 is 10.6 Å². The minimum Gasteiger partial charge on any atom is -0.343 e. The van der Waals surface area contributed by atoms with Crippen molar-refractivity contribution in [2.75, 3.05) is 11.9 Å². The summed E-state index contributed by atoms with van der Waals surface area (Å²) >= 11 is 0. The fraction of sp³-hybridized carbons (Fsp3) is 0.176. The van der Waals surface area contributed by atoms with Crippen LogP contribution in [0, 0.1) is 13.8 Å². The number of aryl methyl sites for hydroxylation is 2. The molecule has 0 atom stereocenters. The van der Waals surface area contributed by atoms with Crippen LogP contribution in [0.2, 0.25) is 0 Å². The van der Waals surface area contributed by atoms with Gasteiger partial charge in [0.2, 0.25) is 5.91 Å². The molecular weight excluding hydrogens is 264 g/mol. The minimum atomic E-state index is -0.252. The van der Waals surface area contributed by atoms with Gasteiger partial charge < -0.3 is 10.6 Å². The summed E-state index contributed by atoms with van der Waals surface area (Å²) in [7, 11) is 0. The molecule has 21 heavy (non-hydrogen) atoms. The first-order valence-corrected chi connectivity index (χ1v) is 6.76. The van der Waals surface area contributed by atoms with Crippen molar-refractivity contribution in [1.82, 2.24) is 5.32 Å². The van der Waals surface area contributed by atoms with Gasteiger partial charge in [-0.15, -0.1) is 0 Å². The number of nitrogens with one attached hydrogen (secondary N) is 2. The molecule has 2 aromatic carbocycles. The lowest BCUT2D eigenvalue weighted by molar-refractivity contribution is -0.115. The van der Waals surface area contributed by atoms with E-state index in [9.17, 15) is 9.59 Å². The molecular formula is C17H18N2O2. The van der Waals surface area contributed by atoms with Crippen molar-refractivity contribution in [3.05, 3.63) is 65.2 Å².